The van der Waals surface area contributed by atoms with Crippen LogP contribution in [0.3, 0.4) is 0 Å². The summed E-state index contributed by atoms with van der Waals surface area (Å²) in [5.74, 6) is 1.05. The van der Waals surface area contributed by atoms with Crippen LogP contribution in [0.15, 0.2) is 44.0 Å². The van der Waals surface area contributed by atoms with Crippen LogP contribution in [0.2, 0.25) is 0 Å². The second-order valence-electron chi connectivity index (χ2n) is 5.87. The van der Waals surface area contributed by atoms with Gasteiger partial charge in [0, 0.05) is 5.56 Å². The van der Waals surface area contributed by atoms with Gasteiger partial charge in [-0.2, -0.15) is 0 Å². The fourth-order valence-corrected chi connectivity index (χ4v) is 3.07. The Morgan fingerprint density at radius 2 is 2.00 bits per heavy atom. The summed E-state index contributed by atoms with van der Waals surface area (Å²) < 4.78 is 11.5. The van der Waals surface area contributed by atoms with E-state index in [1.54, 1.807) is 0 Å². The van der Waals surface area contributed by atoms with Gasteiger partial charge in [0.2, 0.25) is 0 Å². The van der Waals surface area contributed by atoms with Gasteiger partial charge in [-0.15, -0.1) is 0 Å². The Labute approximate surface area is 136 Å². The number of hydrogen-bond donors (Lipinski definition) is 1. The molecule has 1 N–H and O–H groups in total. The minimum atomic E-state index is -1.06. The van der Waals surface area contributed by atoms with E-state index < -0.39 is 5.97 Å². The van der Waals surface area contributed by atoms with Gasteiger partial charge in [-0.3, -0.25) is 4.79 Å². The van der Waals surface area contributed by atoms with Gasteiger partial charge in [-0.25, -0.2) is 4.79 Å². The number of fused-ring (bicyclic) bond motifs is 2. The normalized spacial score (nSPS) is 15.1. The molecule has 0 atom stereocenters. The van der Waals surface area contributed by atoms with Gasteiger partial charge >= 0.3 is 5.97 Å². The monoisotopic (exact) mass is 322 g/mol. The number of hydrogen-bond acceptors (Lipinski definition) is 4. The lowest BCUT2D eigenvalue weighted by Gasteiger charge is -2.04. The molecular formula is C19H14O5. The molecule has 2 aromatic heterocycles. The molecule has 0 saturated carbocycles. The lowest BCUT2D eigenvalue weighted by atomic mass is 10.1. The van der Waals surface area contributed by atoms with Crippen molar-refractivity contribution in [1.82, 2.24) is 0 Å². The van der Waals surface area contributed by atoms with E-state index in [1.165, 1.54) is 18.2 Å². The van der Waals surface area contributed by atoms with Crippen LogP contribution in [0.4, 0.5) is 0 Å². The molecule has 0 spiro atoms. The third-order valence-electron chi connectivity index (χ3n) is 4.24. The lowest BCUT2D eigenvalue weighted by molar-refractivity contribution is 0.0697. The van der Waals surface area contributed by atoms with Crippen molar-refractivity contribution in [3.63, 3.8) is 0 Å². The zero-order valence-corrected chi connectivity index (χ0v) is 13.0. The Bertz CT molecular complexity index is 1070. The number of aromatic carboxylic acids is 1. The molecule has 24 heavy (non-hydrogen) atoms. The van der Waals surface area contributed by atoms with Gasteiger partial charge in [0.1, 0.15) is 22.9 Å². The third kappa shape index (κ3) is 2.25. The van der Waals surface area contributed by atoms with Crippen LogP contribution in [0.1, 0.15) is 39.6 Å². The van der Waals surface area contributed by atoms with Crippen LogP contribution in [0.25, 0.3) is 22.6 Å². The van der Waals surface area contributed by atoms with E-state index in [0.29, 0.717) is 35.1 Å². The van der Waals surface area contributed by atoms with Crippen LogP contribution in [0, 0.1) is 6.92 Å². The van der Waals surface area contributed by atoms with E-state index in [9.17, 15) is 9.59 Å². The van der Waals surface area contributed by atoms with Crippen LogP contribution in [-0.2, 0) is 6.42 Å². The number of allylic oxidation sites excluding steroid dienone is 1. The molecule has 0 fully saturated rings. The van der Waals surface area contributed by atoms with Crippen molar-refractivity contribution in [3.8, 4) is 0 Å². The number of furan rings is 1. The molecule has 1 aliphatic carbocycles. The number of benzene rings is 1. The van der Waals surface area contributed by atoms with E-state index in [-0.39, 0.29) is 11.0 Å². The zero-order chi connectivity index (χ0) is 16.8. The molecule has 0 radical (unpaired) electrons. The maximum absolute atomic E-state index is 12.7. The van der Waals surface area contributed by atoms with Crippen molar-refractivity contribution < 1.29 is 18.7 Å². The number of rotatable bonds is 2. The molecule has 120 valence electrons. The first-order valence-corrected chi connectivity index (χ1v) is 7.63. The van der Waals surface area contributed by atoms with E-state index in [2.05, 4.69) is 0 Å². The van der Waals surface area contributed by atoms with Gasteiger partial charge in [0.05, 0.1) is 10.9 Å². The van der Waals surface area contributed by atoms with Crippen LogP contribution in [-0.4, -0.2) is 11.1 Å². The van der Waals surface area contributed by atoms with Crippen molar-refractivity contribution in [2.75, 3.05) is 0 Å². The summed E-state index contributed by atoms with van der Waals surface area (Å²) in [6, 6.07) is 8.11. The fourth-order valence-electron chi connectivity index (χ4n) is 3.07. The molecule has 0 amide bonds. The average molecular weight is 322 g/mol. The van der Waals surface area contributed by atoms with Crippen LogP contribution < -0.4 is 5.43 Å². The molecule has 2 heterocycles. The average Bonchev–Trinajstić information content (AvgIpc) is 3.14. The fraction of sp³-hybridized carbons (Fsp3) is 0.158. The summed E-state index contributed by atoms with van der Waals surface area (Å²) in [6.07, 6.45) is 3.16. The number of carboxylic acids is 1. The summed E-state index contributed by atoms with van der Waals surface area (Å²) >= 11 is 0. The van der Waals surface area contributed by atoms with Crippen molar-refractivity contribution >= 4 is 28.6 Å². The van der Waals surface area contributed by atoms with Crippen LogP contribution >= 0.6 is 0 Å². The quantitative estimate of drug-likeness (QED) is 0.774. The maximum Gasteiger partial charge on any atom is 0.335 e. The molecule has 0 unspecified atom stereocenters. The molecule has 0 bridgehead atoms. The number of aryl methyl sites for hydroxylation is 1. The topological polar surface area (TPSA) is 80.6 Å². The molecule has 3 aromatic rings. The molecule has 5 heteroatoms. The second kappa shape index (κ2) is 5.23. The van der Waals surface area contributed by atoms with Gasteiger partial charge in [0.25, 0.3) is 0 Å². The highest BCUT2D eigenvalue weighted by Gasteiger charge is 2.24. The van der Waals surface area contributed by atoms with Crippen molar-refractivity contribution in [2.24, 2.45) is 0 Å². The zero-order valence-electron chi connectivity index (χ0n) is 13.0. The largest absolute Gasteiger partial charge is 0.478 e. The minimum Gasteiger partial charge on any atom is -0.478 e. The Morgan fingerprint density at radius 3 is 2.71 bits per heavy atom. The standard InChI is InChI=1S/C19H14O5/c1-10-2-5-13(23-10)8-11-3-6-14-17(20)15-9-12(19(21)22)4-7-16(15)24-18(11)14/h2,4-5,7-9H,3,6H2,1H3,(H,21,22)/b11-8+. The maximum atomic E-state index is 12.7. The van der Waals surface area contributed by atoms with Crippen molar-refractivity contribution in [3.05, 3.63) is 69.0 Å². The van der Waals surface area contributed by atoms with Gasteiger partial charge < -0.3 is 13.9 Å². The highest BCUT2D eigenvalue weighted by Crippen LogP contribution is 2.34. The van der Waals surface area contributed by atoms with Crippen molar-refractivity contribution in [1.29, 1.82) is 0 Å². The molecule has 1 aliphatic rings. The first-order chi connectivity index (χ1) is 11.5. The summed E-state index contributed by atoms with van der Waals surface area (Å²) in [4.78, 5) is 23.8. The molecule has 1 aromatic carbocycles. The molecule has 0 aliphatic heterocycles. The van der Waals surface area contributed by atoms with Crippen LogP contribution in [0.5, 0.6) is 0 Å². The molecular weight excluding hydrogens is 308 g/mol. The molecule has 5 nitrogen and oxygen atoms in total. The predicted molar refractivity (Wildman–Crippen MR) is 89.1 cm³/mol. The first-order valence-electron chi connectivity index (χ1n) is 7.63. The van der Waals surface area contributed by atoms with E-state index >= 15 is 0 Å². The minimum absolute atomic E-state index is 0.0783. The highest BCUT2D eigenvalue weighted by atomic mass is 16.4. The predicted octanol–water partition coefficient (Wildman–Crippen LogP) is 3.88. The summed E-state index contributed by atoms with van der Waals surface area (Å²) in [5.41, 5.74) is 1.83. The van der Waals surface area contributed by atoms with E-state index in [1.807, 2.05) is 25.1 Å². The number of carbonyl (C=O) groups is 1. The Kier molecular flexibility index (Phi) is 3.16. The Morgan fingerprint density at radius 1 is 1.17 bits per heavy atom. The van der Waals surface area contributed by atoms with Gasteiger partial charge in [0.15, 0.2) is 5.43 Å². The molecule has 4 rings (SSSR count). The Hall–Kier alpha value is -3.08. The van der Waals surface area contributed by atoms with E-state index in [4.69, 9.17) is 13.9 Å². The first kappa shape index (κ1) is 14.5. The smallest absolute Gasteiger partial charge is 0.335 e. The van der Waals surface area contributed by atoms with Gasteiger partial charge in [-0.1, -0.05) is 0 Å². The third-order valence-corrected chi connectivity index (χ3v) is 4.24. The summed E-state index contributed by atoms with van der Waals surface area (Å²) in [6.45, 7) is 1.87. The SMILES string of the molecule is Cc1ccc(/C=C2\CCc3c2oc2ccc(C(=O)O)cc2c3=O)o1. The van der Waals surface area contributed by atoms with Gasteiger partial charge in [-0.05, 0) is 61.7 Å². The lowest BCUT2D eigenvalue weighted by Crippen LogP contribution is -2.09. The van der Waals surface area contributed by atoms with E-state index in [0.717, 1.165) is 17.1 Å². The Balaban J connectivity index is 1.89. The highest BCUT2D eigenvalue weighted by molar-refractivity contribution is 5.94. The summed E-state index contributed by atoms with van der Waals surface area (Å²) in [7, 11) is 0. The van der Waals surface area contributed by atoms with Crippen molar-refractivity contribution in [2.45, 2.75) is 19.8 Å². The second-order valence-corrected chi connectivity index (χ2v) is 5.87. The summed E-state index contributed by atoms with van der Waals surface area (Å²) in [5, 5.41) is 9.39. The number of carboxylic acid groups (broad SMARTS) is 1. The molecule has 0 saturated heterocycles.